The average molecular weight is 262 g/mol. The normalized spacial score (nSPS) is 10.5. The standard InChI is InChI=1S/C10H16ClN3OS/c1-14(5-4-6-15-2)9-7-8(11)12-10(13-9)16-3/h7H,4-6H2,1-3H3. The zero-order chi connectivity index (χ0) is 12.0. The van der Waals surface area contributed by atoms with E-state index >= 15 is 0 Å². The van der Waals surface area contributed by atoms with Gasteiger partial charge in [0.25, 0.3) is 0 Å². The fourth-order valence-electron chi connectivity index (χ4n) is 1.23. The van der Waals surface area contributed by atoms with Crippen molar-refractivity contribution < 1.29 is 4.74 Å². The van der Waals surface area contributed by atoms with Crippen LogP contribution in [0.25, 0.3) is 0 Å². The SMILES string of the molecule is COCCCN(C)c1cc(Cl)nc(SC)n1. The van der Waals surface area contributed by atoms with Gasteiger partial charge in [-0.1, -0.05) is 23.4 Å². The van der Waals surface area contributed by atoms with E-state index in [0.29, 0.717) is 10.3 Å². The molecule has 1 aromatic rings. The number of aromatic nitrogens is 2. The lowest BCUT2D eigenvalue weighted by Crippen LogP contribution is -2.21. The van der Waals surface area contributed by atoms with Crippen LogP contribution in [0.15, 0.2) is 11.2 Å². The molecule has 90 valence electrons. The van der Waals surface area contributed by atoms with E-state index in [1.807, 2.05) is 18.2 Å². The van der Waals surface area contributed by atoms with Crippen LogP contribution >= 0.6 is 23.4 Å². The molecule has 0 amide bonds. The van der Waals surface area contributed by atoms with Crippen molar-refractivity contribution in [3.8, 4) is 0 Å². The maximum atomic E-state index is 5.92. The van der Waals surface area contributed by atoms with E-state index in [0.717, 1.165) is 25.4 Å². The molecule has 0 atom stereocenters. The third-order valence-electron chi connectivity index (χ3n) is 2.08. The summed E-state index contributed by atoms with van der Waals surface area (Å²) in [4.78, 5) is 10.5. The average Bonchev–Trinajstić information content (AvgIpc) is 2.28. The number of nitrogens with zero attached hydrogens (tertiary/aromatic N) is 3. The first-order valence-electron chi connectivity index (χ1n) is 4.96. The third kappa shape index (κ3) is 4.15. The van der Waals surface area contributed by atoms with Crippen molar-refractivity contribution in [3.05, 3.63) is 11.2 Å². The van der Waals surface area contributed by atoms with Gasteiger partial charge in [0.05, 0.1) is 0 Å². The zero-order valence-corrected chi connectivity index (χ0v) is 11.3. The quantitative estimate of drug-likeness (QED) is 0.340. The van der Waals surface area contributed by atoms with Crippen molar-refractivity contribution in [1.82, 2.24) is 9.97 Å². The summed E-state index contributed by atoms with van der Waals surface area (Å²) in [6, 6.07) is 1.77. The number of rotatable bonds is 6. The highest BCUT2D eigenvalue weighted by atomic mass is 35.5. The van der Waals surface area contributed by atoms with Crippen LogP contribution in [0.2, 0.25) is 5.15 Å². The van der Waals surface area contributed by atoms with Gasteiger partial charge in [0.2, 0.25) is 0 Å². The Morgan fingerprint density at radius 3 is 2.88 bits per heavy atom. The number of anilines is 1. The number of ether oxygens (including phenoxy) is 1. The largest absolute Gasteiger partial charge is 0.385 e. The monoisotopic (exact) mass is 261 g/mol. The molecule has 0 bridgehead atoms. The van der Waals surface area contributed by atoms with Crippen molar-refractivity contribution in [3.63, 3.8) is 0 Å². The Morgan fingerprint density at radius 1 is 1.50 bits per heavy atom. The molecule has 0 aromatic carbocycles. The van der Waals surface area contributed by atoms with Gasteiger partial charge in [-0.25, -0.2) is 9.97 Å². The predicted octanol–water partition coefficient (Wildman–Crippen LogP) is 2.32. The van der Waals surface area contributed by atoms with Crippen molar-refractivity contribution in [1.29, 1.82) is 0 Å². The molecule has 1 rings (SSSR count). The van der Waals surface area contributed by atoms with Gasteiger partial charge in [0, 0.05) is 33.4 Å². The number of hydrogen-bond donors (Lipinski definition) is 0. The van der Waals surface area contributed by atoms with Crippen LogP contribution in [-0.4, -0.2) is 43.5 Å². The Balaban J connectivity index is 2.66. The molecule has 0 radical (unpaired) electrons. The third-order valence-corrected chi connectivity index (χ3v) is 2.82. The van der Waals surface area contributed by atoms with Crippen molar-refractivity contribution in [2.24, 2.45) is 0 Å². The molecule has 1 aromatic heterocycles. The fourth-order valence-corrected chi connectivity index (χ4v) is 1.84. The zero-order valence-electron chi connectivity index (χ0n) is 9.73. The van der Waals surface area contributed by atoms with Crippen molar-refractivity contribution >= 4 is 29.2 Å². The lowest BCUT2D eigenvalue weighted by atomic mass is 10.4. The molecule has 0 saturated carbocycles. The van der Waals surface area contributed by atoms with Gasteiger partial charge in [-0.15, -0.1) is 0 Å². The minimum atomic E-state index is 0.480. The molecule has 6 heteroatoms. The van der Waals surface area contributed by atoms with E-state index in [4.69, 9.17) is 16.3 Å². The van der Waals surface area contributed by atoms with Crippen LogP contribution in [0, 0.1) is 0 Å². The lowest BCUT2D eigenvalue weighted by Gasteiger charge is -2.18. The maximum Gasteiger partial charge on any atom is 0.190 e. The predicted molar refractivity (Wildman–Crippen MR) is 68.6 cm³/mol. The fraction of sp³-hybridized carbons (Fsp3) is 0.600. The summed E-state index contributed by atoms with van der Waals surface area (Å²) in [7, 11) is 3.69. The van der Waals surface area contributed by atoms with Crippen molar-refractivity contribution in [2.75, 3.05) is 38.5 Å². The van der Waals surface area contributed by atoms with Gasteiger partial charge >= 0.3 is 0 Å². The van der Waals surface area contributed by atoms with E-state index in [9.17, 15) is 0 Å². The topological polar surface area (TPSA) is 38.2 Å². The second-order valence-electron chi connectivity index (χ2n) is 3.30. The summed E-state index contributed by atoms with van der Waals surface area (Å²) in [6.45, 7) is 1.63. The highest BCUT2D eigenvalue weighted by Crippen LogP contribution is 2.19. The maximum absolute atomic E-state index is 5.92. The summed E-state index contributed by atoms with van der Waals surface area (Å²) >= 11 is 7.40. The number of thioether (sulfide) groups is 1. The van der Waals surface area contributed by atoms with Crippen LogP contribution in [0.1, 0.15) is 6.42 Å². The van der Waals surface area contributed by atoms with Crippen LogP contribution in [0.5, 0.6) is 0 Å². The molecule has 0 fully saturated rings. The van der Waals surface area contributed by atoms with Gasteiger partial charge in [-0.3, -0.25) is 0 Å². The molecule has 0 saturated heterocycles. The van der Waals surface area contributed by atoms with Crippen LogP contribution < -0.4 is 4.90 Å². The first kappa shape index (κ1) is 13.5. The van der Waals surface area contributed by atoms with E-state index in [-0.39, 0.29) is 0 Å². The van der Waals surface area contributed by atoms with Gasteiger partial charge in [0.15, 0.2) is 5.16 Å². The lowest BCUT2D eigenvalue weighted by molar-refractivity contribution is 0.196. The summed E-state index contributed by atoms with van der Waals surface area (Å²) in [6.07, 6.45) is 2.89. The molecule has 0 aliphatic heterocycles. The first-order chi connectivity index (χ1) is 7.67. The van der Waals surface area contributed by atoms with E-state index < -0.39 is 0 Å². The van der Waals surface area contributed by atoms with Crippen molar-refractivity contribution in [2.45, 2.75) is 11.6 Å². The molecular weight excluding hydrogens is 246 g/mol. The van der Waals surface area contributed by atoms with Crippen LogP contribution in [0.3, 0.4) is 0 Å². The van der Waals surface area contributed by atoms with E-state index in [1.165, 1.54) is 11.8 Å². The molecule has 16 heavy (non-hydrogen) atoms. The molecular formula is C10H16ClN3OS. The molecule has 0 spiro atoms. The number of hydrogen-bond acceptors (Lipinski definition) is 5. The second kappa shape index (κ2) is 6.93. The van der Waals surface area contributed by atoms with E-state index in [1.54, 1.807) is 13.2 Å². The van der Waals surface area contributed by atoms with Gasteiger partial charge in [-0.2, -0.15) is 0 Å². The van der Waals surface area contributed by atoms with Gasteiger partial charge in [-0.05, 0) is 12.7 Å². The smallest absolute Gasteiger partial charge is 0.190 e. The van der Waals surface area contributed by atoms with E-state index in [2.05, 4.69) is 9.97 Å². The Bertz CT molecular complexity index is 338. The summed E-state index contributed by atoms with van der Waals surface area (Å²) in [5, 5.41) is 1.18. The summed E-state index contributed by atoms with van der Waals surface area (Å²) in [5.74, 6) is 0.848. The number of methoxy groups -OCH3 is 1. The van der Waals surface area contributed by atoms with Gasteiger partial charge in [0.1, 0.15) is 11.0 Å². The number of halogens is 1. The van der Waals surface area contributed by atoms with Crippen LogP contribution in [-0.2, 0) is 4.74 Å². The van der Waals surface area contributed by atoms with Crippen LogP contribution in [0.4, 0.5) is 5.82 Å². The Morgan fingerprint density at radius 2 is 2.25 bits per heavy atom. The highest BCUT2D eigenvalue weighted by Gasteiger charge is 2.06. The summed E-state index contributed by atoms with van der Waals surface area (Å²) in [5.41, 5.74) is 0. The second-order valence-corrected chi connectivity index (χ2v) is 4.46. The first-order valence-corrected chi connectivity index (χ1v) is 6.56. The molecule has 0 aliphatic rings. The Kier molecular flexibility index (Phi) is 5.87. The molecule has 0 unspecified atom stereocenters. The molecule has 0 N–H and O–H groups in total. The minimum Gasteiger partial charge on any atom is -0.385 e. The molecule has 4 nitrogen and oxygen atoms in total. The van der Waals surface area contributed by atoms with Gasteiger partial charge < -0.3 is 9.64 Å². The molecule has 0 aliphatic carbocycles. The minimum absolute atomic E-state index is 0.480. The Hall–Kier alpha value is -0.520. The molecule has 1 heterocycles. The summed E-state index contributed by atoms with van der Waals surface area (Å²) < 4.78 is 5.01. The highest BCUT2D eigenvalue weighted by molar-refractivity contribution is 7.98. The Labute approximate surface area is 105 Å².